The predicted molar refractivity (Wildman–Crippen MR) is 61.2 cm³/mol. The molecular weight excluding hydrogens is 202 g/mol. The first-order chi connectivity index (χ1) is 7.66. The molecule has 16 heavy (non-hydrogen) atoms. The van der Waals surface area contributed by atoms with Crippen LogP contribution in [0.25, 0.3) is 5.69 Å². The lowest BCUT2D eigenvalue weighted by atomic mass is 10.2. The Kier molecular flexibility index (Phi) is 2.72. The predicted octanol–water partition coefficient (Wildman–Crippen LogP) is 1.21. The number of carbonyl (C=O) groups excluding carboxylic acids is 1. The molecule has 4 nitrogen and oxygen atoms in total. The molecule has 0 spiro atoms. The van der Waals surface area contributed by atoms with Crippen molar-refractivity contribution in [3.8, 4) is 5.69 Å². The summed E-state index contributed by atoms with van der Waals surface area (Å²) in [6, 6.07) is 9.76. The Hall–Kier alpha value is -2.10. The van der Waals surface area contributed by atoms with Crippen LogP contribution in [0.3, 0.4) is 0 Å². The summed E-state index contributed by atoms with van der Waals surface area (Å²) in [6.45, 7) is 1.92. The van der Waals surface area contributed by atoms with Gasteiger partial charge in [-0.2, -0.15) is 5.10 Å². The van der Waals surface area contributed by atoms with Crippen LogP contribution in [0.4, 0.5) is 0 Å². The Bertz CT molecular complexity index is 502. The summed E-state index contributed by atoms with van der Waals surface area (Å²) < 4.78 is 1.76. The average Bonchev–Trinajstić information content (AvgIpc) is 2.61. The van der Waals surface area contributed by atoms with E-state index in [0.29, 0.717) is 0 Å². The molecule has 1 aromatic carbocycles. The average molecular weight is 215 g/mol. The van der Waals surface area contributed by atoms with Gasteiger partial charge in [0.2, 0.25) is 5.91 Å². The fraction of sp³-hybridized carbons (Fsp3) is 0.167. The van der Waals surface area contributed by atoms with Crippen molar-refractivity contribution < 1.29 is 4.79 Å². The minimum Gasteiger partial charge on any atom is -0.369 e. The summed E-state index contributed by atoms with van der Waals surface area (Å²) in [6.07, 6.45) is 2.08. The van der Waals surface area contributed by atoms with Gasteiger partial charge in [-0.15, -0.1) is 0 Å². The van der Waals surface area contributed by atoms with E-state index in [1.165, 1.54) is 0 Å². The van der Waals surface area contributed by atoms with Gasteiger partial charge < -0.3 is 5.73 Å². The van der Waals surface area contributed by atoms with Crippen LogP contribution < -0.4 is 5.73 Å². The number of aromatic nitrogens is 2. The number of benzene rings is 1. The molecule has 0 unspecified atom stereocenters. The van der Waals surface area contributed by atoms with Crippen molar-refractivity contribution in [2.75, 3.05) is 0 Å². The molecule has 1 heterocycles. The van der Waals surface area contributed by atoms with Gasteiger partial charge in [-0.1, -0.05) is 18.2 Å². The van der Waals surface area contributed by atoms with Crippen LogP contribution in [-0.4, -0.2) is 15.7 Å². The van der Waals surface area contributed by atoms with E-state index >= 15 is 0 Å². The first kappa shape index (κ1) is 10.4. The monoisotopic (exact) mass is 215 g/mol. The second-order valence-electron chi connectivity index (χ2n) is 3.68. The van der Waals surface area contributed by atoms with Gasteiger partial charge in [-0.25, -0.2) is 4.68 Å². The smallest absolute Gasteiger partial charge is 0.223 e. The largest absolute Gasteiger partial charge is 0.369 e. The Morgan fingerprint density at radius 2 is 2.06 bits per heavy atom. The molecule has 0 fully saturated rings. The van der Waals surface area contributed by atoms with Crippen molar-refractivity contribution in [3.63, 3.8) is 0 Å². The zero-order valence-corrected chi connectivity index (χ0v) is 9.05. The molecule has 0 radical (unpaired) electrons. The lowest BCUT2D eigenvalue weighted by Gasteiger charge is -1.99. The second-order valence-corrected chi connectivity index (χ2v) is 3.68. The third kappa shape index (κ3) is 2.11. The fourth-order valence-electron chi connectivity index (χ4n) is 1.55. The van der Waals surface area contributed by atoms with Crippen LogP contribution in [0, 0.1) is 6.92 Å². The van der Waals surface area contributed by atoms with E-state index in [1.54, 1.807) is 4.68 Å². The van der Waals surface area contributed by atoms with Gasteiger partial charge in [0, 0.05) is 6.20 Å². The molecular formula is C12H13N3O. The van der Waals surface area contributed by atoms with Crippen LogP contribution in [0.2, 0.25) is 0 Å². The van der Waals surface area contributed by atoms with E-state index in [4.69, 9.17) is 5.73 Å². The maximum Gasteiger partial charge on any atom is 0.223 e. The van der Waals surface area contributed by atoms with E-state index in [2.05, 4.69) is 5.10 Å². The van der Waals surface area contributed by atoms with E-state index in [1.807, 2.05) is 43.5 Å². The zero-order chi connectivity index (χ0) is 11.5. The number of amides is 1. The van der Waals surface area contributed by atoms with Crippen molar-refractivity contribution in [1.82, 2.24) is 9.78 Å². The summed E-state index contributed by atoms with van der Waals surface area (Å²) in [5, 5.41) is 4.34. The third-order valence-corrected chi connectivity index (χ3v) is 2.36. The van der Waals surface area contributed by atoms with E-state index in [9.17, 15) is 4.79 Å². The van der Waals surface area contributed by atoms with Gasteiger partial charge in [-0.3, -0.25) is 4.79 Å². The van der Waals surface area contributed by atoms with Crippen LogP contribution >= 0.6 is 0 Å². The van der Waals surface area contributed by atoms with Gasteiger partial charge in [0.15, 0.2) is 0 Å². The molecule has 0 bridgehead atoms. The highest BCUT2D eigenvalue weighted by Crippen LogP contribution is 2.11. The summed E-state index contributed by atoms with van der Waals surface area (Å²) in [4.78, 5) is 10.8. The molecule has 2 N–H and O–H groups in total. The number of aryl methyl sites for hydroxylation is 1. The minimum atomic E-state index is -0.360. The molecule has 1 amide bonds. The number of nitrogens with two attached hydrogens (primary N) is 1. The molecule has 0 aliphatic heterocycles. The first-order valence-corrected chi connectivity index (χ1v) is 5.05. The summed E-state index contributed by atoms with van der Waals surface area (Å²) in [5.41, 5.74) is 7.83. The highest BCUT2D eigenvalue weighted by atomic mass is 16.1. The highest BCUT2D eigenvalue weighted by Gasteiger charge is 2.08. The van der Waals surface area contributed by atoms with Gasteiger partial charge in [-0.05, 0) is 24.6 Å². The quantitative estimate of drug-likeness (QED) is 0.836. The van der Waals surface area contributed by atoms with Crippen LogP contribution in [0.5, 0.6) is 0 Å². The number of hydrogen-bond acceptors (Lipinski definition) is 2. The molecule has 82 valence electrons. The van der Waals surface area contributed by atoms with E-state index in [-0.39, 0.29) is 12.3 Å². The maximum absolute atomic E-state index is 10.8. The molecule has 1 aromatic heterocycles. The van der Waals surface area contributed by atoms with Gasteiger partial charge in [0.25, 0.3) is 0 Å². The van der Waals surface area contributed by atoms with E-state index < -0.39 is 0 Å². The molecule has 4 heteroatoms. The van der Waals surface area contributed by atoms with Crippen LogP contribution in [0.1, 0.15) is 11.3 Å². The number of nitrogens with zero attached hydrogens (tertiary/aromatic N) is 2. The van der Waals surface area contributed by atoms with Gasteiger partial charge in [0.1, 0.15) is 0 Å². The second kappa shape index (κ2) is 4.18. The first-order valence-electron chi connectivity index (χ1n) is 5.05. The molecule has 0 saturated carbocycles. The number of primary amides is 1. The number of hydrogen-bond donors (Lipinski definition) is 1. The normalized spacial score (nSPS) is 10.3. The number of para-hydroxylation sites is 1. The van der Waals surface area contributed by atoms with Crippen molar-refractivity contribution >= 4 is 5.91 Å². The van der Waals surface area contributed by atoms with Crippen LogP contribution in [0.15, 0.2) is 36.5 Å². The van der Waals surface area contributed by atoms with E-state index in [0.717, 1.165) is 16.9 Å². The summed E-state index contributed by atoms with van der Waals surface area (Å²) >= 11 is 0. The maximum atomic E-state index is 10.8. The molecule has 2 rings (SSSR count). The standard InChI is InChI=1S/C12H13N3O/c1-9-8-15(10-5-3-2-4-6-10)14-11(9)7-12(13)16/h2-6,8H,7H2,1H3,(H2,13,16). The Labute approximate surface area is 93.7 Å². The zero-order valence-electron chi connectivity index (χ0n) is 9.05. The Morgan fingerprint density at radius 1 is 1.38 bits per heavy atom. The van der Waals surface area contributed by atoms with Crippen LogP contribution in [-0.2, 0) is 11.2 Å². The SMILES string of the molecule is Cc1cn(-c2ccccc2)nc1CC(N)=O. The molecule has 2 aromatic rings. The van der Waals surface area contributed by atoms with Crippen molar-refractivity contribution in [1.29, 1.82) is 0 Å². The molecule has 0 aliphatic carbocycles. The van der Waals surface area contributed by atoms with Crippen molar-refractivity contribution in [2.45, 2.75) is 13.3 Å². The van der Waals surface area contributed by atoms with Crippen molar-refractivity contribution in [2.24, 2.45) is 5.73 Å². The fourth-order valence-corrected chi connectivity index (χ4v) is 1.55. The van der Waals surface area contributed by atoms with Gasteiger partial charge >= 0.3 is 0 Å². The lowest BCUT2D eigenvalue weighted by molar-refractivity contribution is -0.117. The van der Waals surface area contributed by atoms with Crippen molar-refractivity contribution in [3.05, 3.63) is 47.8 Å². The van der Waals surface area contributed by atoms with Gasteiger partial charge in [0.05, 0.1) is 17.8 Å². The lowest BCUT2D eigenvalue weighted by Crippen LogP contribution is -2.14. The number of carbonyl (C=O) groups is 1. The molecule has 0 saturated heterocycles. The summed E-state index contributed by atoms with van der Waals surface area (Å²) in [7, 11) is 0. The number of rotatable bonds is 3. The molecule has 0 atom stereocenters. The minimum absolute atomic E-state index is 0.186. The Balaban J connectivity index is 2.34. The third-order valence-electron chi connectivity index (χ3n) is 2.36. The molecule has 0 aliphatic rings. The summed E-state index contributed by atoms with van der Waals surface area (Å²) in [5.74, 6) is -0.360. The topological polar surface area (TPSA) is 60.9 Å². The highest BCUT2D eigenvalue weighted by molar-refractivity contribution is 5.76. The Morgan fingerprint density at radius 3 is 2.69 bits per heavy atom.